The molecule has 1 rings (SSSR count). The molecule has 9 N–H and O–H groups in total. The molecule has 1 aromatic rings. The molecule has 0 unspecified atom stereocenters. The molecule has 14 nitrogen and oxygen atoms in total. The summed E-state index contributed by atoms with van der Waals surface area (Å²) in [6, 6.07) is 2.45. The molecule has 0 heterocycles. The summed E-state index contributed by atoms with van der Waals surface area (Å²) < 4.78 is 0. The maximum atomic E-state index is 13.4. The normalized spacial score (nSPS) is 14.7. The number of aliphatic hydroxyl groups is 1. The van der Waals surface area contributed by atoms with Crippen LogP contribution >= 0.6 is 0 Å². The second-order valence-corrected chi connectivity index (χ2v) is 10.8. The van der Waals surface area contributed by atoms with Gasteiger partial charge in [0.1, 0.15) is 24.2 Å². The van der Waals surface area contributed by atoms with Crippen LogP contribution < -0.4 is 27.0 Å². The van der Waals surface area contributed by atoms with E-state index in [2.05, 4.69) is 21.3 Å². The van der Waals surface area contributed by atoms with Crippen molar-refractivity contribution in [1.29, 1.82) is 0 Å². The van der Waals surface area contributed by atoms with E-state index in [-0.39, 0.29) is 31.6 Å². The SMILES string of the molecule is CC(C)C[C@H](NC(=O)[C@@H](NC(=O)[C@@H](N)CCC(=O)O)C(C)C)C(=O)N[C@@H](Cc1ccccc1)C(=O)N[C@H](CO)C(=O)O. The summed E-state index contributed by atoms with van der Waals surface area (Å²) >= 11 is 0. The Morgan fingerprint density at radius 3 is 1.81 bits per heavy atom. The van der Waals surface area contributed by atoms with Gasteiger partial charge in [-0.2, -0.15) is 0 Å². The van der Waals surface area contributed by atoms with Crippen molar-refractivity contribution in [2.24, 2.45) is 17.6 Å². The quantitative estimate of drug-likeness (QED) is 0.105. The summed E-state index contributed by atoms with van der Waals surface area (Å²) in [5.74, 6) is -6.03. The molecule has 0 aliphatic carbocycles. The topological polar surface area (TPSA) is 237 Å². The van der Waals surface area contributed by atoms with E-state index in [0.717, 1.165) is 0 Å². The van der Waals surface area contributed by atoms with E-state index in [0.29, 0.717) is 5.56 Å². The summed E-state index contributed by atoms with van der Waals surface area (Å²) in [5.41, 5.74) is 6.44. The molecule has 5 atom stereocenters. The van der Waals surface area contributed by atoms with Gasteiger partial charge in [0.2, 0.25) is 23.6 Å². The highest BCUT2D eigenvalue weighted by Crippen LogP contribution is 2.11. The monoisotopic (exact) mass is 593 g/mol. The van der Waals surface area contributed by atoms with Gasteiger partial charge in [-0.1, -0.05) is 58.0 Å². The van der Waals surface area contributed by atoms with E-state index >= 15 is 0 Å². The van der Waals surface area contributed by atoms with E-state index in [4.69, 9.17) is 10.8 Å². The van der Waals surface area contributed by atoms with Gasteiger partial charge in [0.25, 0.3) is 0 Å². The lowest BCUT2D eigenvalue weighted by Gasteiger charge is -2.28. The maximum Gasteiger partial charge on any atom is 0.328 e. The van der Waals surface area contributed by atoms with Gasteiger partial charge in [0.15, 0.2) is 0 Å². The average Bonchev–Trinajstić information content (AvgIpc) is 2.91. The molecule has 0 aromatic heterocycles. The van der Waals surface area contributed by atoms with Crippen molar-refractivity contribution in [3.63, 3.8) is 0 Å². The summed E-state index contributed by atoms with van der Waals surface area (Å²) in [6.45, 7) is 6.13. The Balaban J connectivity index is 3.14. The van der Waals surface area contributed by atoms with Gasteiger partial charge in [-0.25, -0.2) is 4.79 Å². The van der Waals surface area contributed by atoms with Crippen molar-refractivity contribution in [3.8, 4) is 0 Å². The maximum absolute atomic E-state index is 13.4. The van der Waals surface area contributed by atoms with Gasteiger partial charge in [-0.15, -0.1) is 0 Å². The third-order valence-electron chi connectivity index (χ3n) is 6.31. The van der Waals surface area contributed by atoms with Gasteiger partial charge in [0, 0.05) is 12.8 Å². The highest BCUT2D eigenvalue weighted by atomic mass is 16.4. The van der Waals surface area contributed by atoms with Crippen LogP contribution in [-0.4, -0.2) is 87.7 Å². The number of carboxylic acid groups (broad SMARTS) is 2. The third-order valence-corrected chi connectivity index (χ3v) is 6.31. The fourth-order valence-corrected chi connectivity index (χ4v) is 3.96. The lowest BCUT2D eigenvalue weighted by molar-refractivity contribution is -0.143. The molecule has 42 heavy (non-hydrogen) atoms. The number of hydrogen-bond donors (Lipinski definition) is 8. The molecule has 0 aliphatic rings. The van der Waals surface area contributed by atoms with Crippen molar-refractivity contribution < 1.29 is 44.1 Å². The minimum atomic E-state index is -1.59. The minimum absolute atomic E-state index is 0.00255. The number of carbonyl (C=O) groups is 6. The molecule has 0 aliphatic heterocycles. The van der Waals surface area contributed by atoms with E-state index in [9.17, 15) is 39.0 Å². The highest BCUT2D eigenvalue weighted by molar-refractivity contribution is 5.95. The van der Waals surface area contributed by atoms with Gasteiger partial charge < -0.3 is 42.3 Å². The van der Waals surface area contributed by atoms with Crippen molar-refractivity contribution in [2.75, 3.05) is 6.61 Å². The molecule has 0 fully saturated rings. The number of benzene rings is 1. The van der Waals surface area contributed by atoms with Crippen molar-refractivity contribution in [2.45, 2.75) is 83.6 Å². The summed E-state index contributed by atoms with van der Waals surface area (Å²) in [7, 11) is 0. The smallest absolute Gasteiger partial charge is 0.328 e. The van der Waals surface area contributed by atoms with E-state index < -0.39 is 78.3 Å². The number of nitrogens with two attached hydrogens (primary N) is 1. The van der Waals surface area contributed by atoms with Crippen LogP contribution in [0, 0.1) is 11.8 Å². The number of amides is 4. The predicted molar refractivity (Wildman–Crippen MR) is 152 cm³/mol. The molecule has 0 saturated carbocycles. The number of aliphatic hydroxyl groups excluding tert-OH is 1. The Bertz CT molecular complexity index is 1080. The van der Waals surface area contributed by atoms with E-state index in [1.165, 1.54) is 0 Å². The number of hydrogen-bond acceptors (Lipinski definition) is 8. The molecule has 0 bridgehead atoms. The van der Waals surface area contributed by atoms with Crippen LogP contribution in [0.2, 0.25) is 0 Å². The lowest BCUT2D eigenvalue weighted by atomic mass is 9.98. The van der Waals surface area contributed by atoms with Crippen molar-refractivity contribution in [1.82, 2.24) is 21.3 Å². The Morgan fingerprint density at radius 1 is 0.762 bits per heavy atom. The molecule has 14 heteroatoms. The highest BCUT2D eigenvalue weighted by Gasteiger charge is 2.33. The standard InChI is InChI=1S/C28H43N5O9/c1-15(2)12-19(31-27(40)23(16(3)4)33-24(37)18(29)10-11-22(35)36)25(38)30-20(13-17-8-6-5-7-9-17)26(39)32-21(14-34)28(41)42/h5-9,15-16,18-21,23,34H,10-14,29H2,1-4H3,(H,30,38)(H,31,40)(H,32,39)(H,33,37)(H,35,36)(H,41,42)/t18-,19-,20-,21+,23-/m0/s1. The Hall–Kier alpha value is -4.04. The Labute approximate surface area is 244 Å². The molecule has 234 valence electrons. The average molecular weight is 594 g/mol. The zero-order chi connectivity index (χ0) is 32.0. The molecular formula is C28H43N5O9. The second kappa shape index (κ2) is 17.7. The fourth-order valence-electron chi connectivity index (χ4n) is 3.96. The number of carboxylic acids is 2. The molecule has 0 radical (unpaired) electrons. The number of aliphatic carboxylic acids is 2. The minimum Gasteiger partial charge on any atom is -0.481 e. The summed E-state index contributed by atoms with van der Waals surface area (Å²) in [5, 5.41) is 37.4. The summed E-state index contributed by atoms with van der Waals surface area (Å²) in [6.07, 6.45) is -0.289. The van der Waals surface area contributed by atoms with Crippen LogP contribution in [-0.2, 0) is 35.2 Å². The van der Waals surface area contributed by atoms with Crippen LogP contribution in [0.3, 0.4) is 0 Å². The van der Waals surface area contributed by atoms with Crippen LogP contribution in [0.25, 0.3) is 0 Å². The number of nitrogens with one attached hydrogen (secondary N) is 4. The molecular weight excluding hydrogens is 550 g/mol. The van der Waals surface area contributed by atoms with Gasteiger partial charge in [-0.05, 0) is 30.2 Å². The lowest BCUT2D eigenvalue weighted by Crippen LogP contribution is -2.60. The molecule has 4 amide bonds. The molecule has 1 aromatic carbocycles. The first kappa shape index (κ1) is 36.0. The van der Waals surface area contributed by atoms with E-state index in [1.54, 1.807) is 44.2 Å². The van der Waals surface area contributed by atoms with Crippen LogP contribution in [0.15, 0.2) is 30.3 Å². The Morgan fingerprint density at radius 2 is 1.31 bits per heavy atom. The zero-order valence-corrected chi connectivity index (χ0v) is 24.3. The first-order valence-electron chi connectivity index (χ1n) is 13.7. The largest absolute Gasteiger partial charge is 0.481 e. The van der Waals surface area contributed by atoms with Crippen LogP contribution in [0.1, 0.15) is 52.5 Å². The first-order valence-corrected chi connectivity index (χ1v) is 13.7. The predicted octanol–water partition coefficient (Wildman–Crippen LogP) is -0.861. The second-order valence-electron chi connectivity index (χ2n) is 10.8. The number of carbonyl (C=O) groups excluding carboxylic acids is 4. The van der Waals surface area contributed by atoms with Crippen LogP contribution in [0.4, 0.5) is 0 Å². The van der Waals surface area contributed by atoms with Gasteiger partial charge >= 0.3 is 11.9 Å². The van der Waals surface area contributed by atoms with E-state index in [1.807, 2.05) is 13.8 Å². The Kier molecular flexibility index (Phi) is 15.2. The van der Waals surface area contributed by atoms with Crippen molar-refractivity contribution >= 4 is 35.6 Å². The summed E-state index contributed by atoms with van der Waals surface area (Å²) in [4.78, 5) is 74.4. The van der Waals surface area contributed by atoms with Gasteiger partial charge in [0.05, 0.1) is 12.6 Å². The molecule has 0 spiro atoms. The van der Waals surface area contributed by atoms with Crippen LogP contribution in [0.5, 0.6) is 0 Å². The van der Waals surface area contributed by atoms with Gasteiger partial charge in [-0.3, -0.25) is 24.0 Å². The third kappa shape index (κ3) is 12.6. The van der Waals surface area contributed by atoms with Crippen molar-refractivity contribution in [3.05, 3.63) is 35.9 Å². The first-order chi connectivity index (χ1) is 19.7. The number of rotatable bonds is 18. The zero-order valence-electron chi connectivity index (χ0n) is 24.3. The molecule has 0 saturated heterocycles. The fraction of sp³-hybridized carbons (Fsp3) is 0.571.